The molecular weight excluding hydrogens is 484 g/mol. The van der Waals surface area contributed by atoms with Crippen molar-refractivity contribution in [3.05, 3.63) is 157 Å². The highest BCUT2D eigenvalue weighted by molar-refractivity contribution is 5.76. The average molecular weight is 517 g/mol. The summed E-state index contributed by atoms with van der Waals surface area (Å²) in [5.74, 6) is 0. The van der Waals surface area contributed by atoms with Gasteiger partial charge >= 0.3 is 0 Å². The number of benzene rings is 6. The molecule has 194 valence electrons. The Hall–Kier alpha value is -5.08. The fraction of sp³-hybridized carbons (Fsp3) is 0.0526. The van der Waals surface area contributed by atoms with Gasteiger partial charge in [-0.2, -0.15) is 0 Å². The van der Waals surface area contributed by atoms with Crippen LogP contribution in [0.2, 0.25) is 0 Å². The fourth-order valence-corrected chi connectivity index (χ4v) is 5.15. The Morgan fingerprint density at radius 2 is 0.725 bits per heavy atom. The molecule has 0 aromatic heterocycles. The van der Waals surface area contributed by atoms with Crippen molar-refractivity contribution in [2.24, 2.45) is 0 Å². The highest BCUT2D eigenvalue weighted by Crippen LogP contribution is 2.30. The molecule has 0 bridgehead atoms. The molecule has 6 aromatic rings. The minimum Gasteiger partial charge on any atom is -0.356 e. The largest absolute Gasteiger partial charge is 0.356 e. The lowest BCUT2D eigenvalue weighted by atomic mass is 10.00. The van der Waals surface area contributed by atoms with E-state index in [9.17, 15) is 0 Å². The van der Waals surface area contributed by atoms with Gasteiger partial charge in [-0.25, -0.2) is 0 Å². The molecule has 0 aliphatic rings. The number of nitrogens with one attached hydrogen (secondary N) is 2. The fourth-order valence-electron chi connectivity index (χ4n) is 5.15. The predicted molar refractivity (Wildman–Crippen MR) is 172 cm³/mol. The minimum atomic E-state index is 1.07. The van der Waals surface area contributed by atoms with E-state index < -0.39 is 0 Å². The first kappa shape index (κ1) is 25.2. The maximum atomic E-state index is 3.56. The van der Waals surface area contributed by atoms with E-state index in [0.717, 1.165) is 22.7 Å². The van der Waals surface area contributed by atoms with Crippen molar-refractivity contribution >= 4 is 22.7 Å². The normalized spacial score (nSPS) is 10.8. The van der Waals surface area contributed by atoms with Gasteiger partial charge in [0.25, 0.3) is 0 Å². The van der Waals surface area contributed by atoms with Crippen LogP contribution < -0.4 is 10.6 Å². The van der Waals surface area contributed by atoms with Crippen molar-refractivity contribution in [2.75, 3.05) is 10.6 Å². The van der Waals surface area contributed by atoms with Crippen LogP contribution in [0, 0.1) is 13.8 Å². The number of anilines is 4. The summed E-state index contributed by atoms with van der Waals surface area (Å²) in [6.07, 6.45) is 0. The molecule has 2 nitrogen and oxygen atoms in total. The van der Waals surface area contributed by atoms with Gasteiger partial charge in [-0.15, -0.1) is 0 Å². The van der Waals surface area contributed by atoms with Gasteiger partial charge in [-0.1, -0.05) is 97.1 Å². The Kier molecular flexibility index (Phi) is 7.15. The molecule has 0 heterocycles. The standard InChI is InChI=1S/C38H32N2/c1-27-9-3-5-15-37(27)31-11-7-13-35(25-31)39-33-21-17-29(18-22-33)30-19-23-34(24-20-30)40-36-14-8-12-32(26-36)38-16-6-4-10-28(38)2/h3-26,39-40H,1-2H3. The third-order valence-electron chi connectivity index (χ3n) is 7.32. The van der Waals surface area contributed by atoms with Crippen molar-refractivity contribution < 1.29 is 0 Å². The lowest BCUT2D eigenvalue weighted by Gasteiger charge is -2.12. The van der Waals surface area contributed by atoms with Gasteiger partial charge in [0.2, 0.25) is 0 Å². The predicted octanol–water partition coefficient (Wildman–Crippen LogP) is 10.8. The van der Waals surface area contributed by atoms with E-state index in [4.69, 9.17) is 0 Å². The van der Waals surface area contributed by atoms with Crippen LogP contribution in [0.3, 0.4) is 0 Å². The smallest absolute Gasteiger partial charge is 0.0390 e. The van der Waals surface area contributed by atoms with E-state index in [0.29, 0.717) is 0 Å². The van der Waals surface area contributed by atoms with Gasteiger partial charge in [0.05, 0.1) is 0 Å². The minimum absolute atomic E-state index is 1.07. The molecule has 0 unspecified atom stereocenters. The molecular formula is C38H32N2. The molecule has 0 aliphatic heterocycles. The topological polar surface area (TPSA) is 24.1 Å². The van der Waals surface area contributed by atoms with Gasteiger partial charge in [0.15, 0.2) is 0 Å². The zero-order valence-electron chi connectivity index (χ0n) is 22.9. The molecule has 0 atom stereocenters. The van der Waals surface area contributed by atoms with Crippen LogP contribution in [-0.2, 0) is 0 Å². The highest BCUT2D eigenvalue weighted by Gasteiger charge is 2.05. The van der Waals surface area contributed by atoms with E-state index in [-0.39, 0.29) is 0 Å². The van der Waals surface area contributed by atoms with Gasteiger partial charge in [0.1, 0.15) is 0 Å². The monoisotopic (exact) mass is 516 g/mol. The third-order valence-corrected chi connectivity index (χ3v) is 7.32. The number of hydrogen-bond acceptors (Lipinski definition) is 2. The molecule has 0 fully saturated rings. The van der Waals surface area contributed by atoms with Crippen LogP contribution in [0.5, 0.6) is 0 Å². The number of hydrogen-bond donors (Lipinski definition) is 2. The molecule has 2 N–H and O–H groups in total. The zero-order chi connectivity index (χ0) is 27.3. The first-order valence-corrected chi connectivity index (χ1v) is 13.7. The molecule has 2 heteroatoms. The van der Waals surface area contributed by atoms with Crippen LogP contribution in [-0.4, -0.2) is 0 Å². The average Bonchev–Trinajstić information content (AvgIpc) is 2.99. The molecule has 0 saturated carbocycles. The van der Waals surface area contributed by atoms with E-state index >= 15 is 0 Å². The molecule has 6 rings (SSSR count). The van der Waals surface area contributed by atoms with Crippen molar-refractivity contribution in [1.29, 1.82) is 0 Å². The summed E-state index contributed by atoms with van der Waals surface area (Å²) >= 11 is 0. The molecule has 6 aromatic carbocycles. The second kappa shape index (κ2) is 11.3. The summed E-state index contributed by atoms with van der Waals surface area (Å²) in [6, 6.07) is 51.4. The van der Waals surface area contributed by atoms with Crippen molar-refractivity contribution in [1.82, 2.24) is 0 Å². The Balaban J connectivity index is 1.13. The summed E-state index contributed by atoms with van der Waals surface area (Å²) in [5, 5.41) is 7.12. The lowest BCUT2D eigenvalue weighted by molar-refractivity contribution is 1.45. The van der Waals surface area contributed by atoms with Crippen LogP contribution in [0.25, 0.3) is 33.4 Å². The summed E-state index contributed by atoms with van der Waals surface area (Å²) in [4.78, 5) is 0. The molecule has 0 radical (unpaired) electrons. The molecule has 40 heavy (non-hydrogen) atoms. The Morgan fingerprint density at radius 1 is 0.325 bits per heavy atom. The summed E-state index contributed by atoms with van der Waals surface area (Å²) < 4.78 is 0. The quantitative estimate of drug-likeness (QED) is 0.220. The van der Waals surface area contributed by atoms with E-state index in [1.165, 1.54) is 44.5 Å². The lowest BCUT2D eigenvalue weighted by Crippen LogP contribution is -1.92. The Bertz CT molecular complexity index is 1620. The molecule has 0 aliphatic carbocycles. The maximum Gasteiger partial charge on any atom is 0.0390 e. The summed E-state index contributed by atoms with van der Waals surface area (Å²) in [6.45, 7) is 4.31. The number of rotatable bonds is 7. The Morgan fingerprint density at radius 3 is 1.12 bits per heavy atom. The molecule has 0 amide bonds. The van der Waals surface area contributed by atoms with E-state index in [1.807, 2.05) is 0 Å². The first-order chi connectivity index (χ1) is 19.6. The van der Waals surface area contributed by atoms with E-state index in [2.05, 4.69) is 170 Å². The summed E-state index contributed by atoms with van der Waals surface area (Å²) in [7, 11) is 0. The van der Waals surface area contributed by atoms with Gasteiger partial charge in [-0.05, 0) is 107 Å². The van der Waals surface area contributed by atoms with Gasteiger partial charge in [-0.3, -0.25) is 0 Å². The highest BCUT2D eigenvalue weighted by atomic mass is 14.9. The molecule has 0 spiro atoms. The van der Waals surface area contributed by atoms with Gasteiger partial charge < -0.3 is 10.6 Å². The van der Waals surface area contributed by atoms with Crippen LogP contribution in [0.15, 0.2) is 146 Å². The van der Waals surface area contributed by atoms with Crippen molar-refractivity contribution in [3.63, 3.8) is 0 Å². The van der Waals surface area contributed by atoms with Crippen molar-refractivity contribution in [3.8, 4) is 33.4 Å². The maximum absolute atomic E-state index is 3.56. The van der Waals surface area contributed by atoms with Crippen LogP contribution in [0.4, 0.5) is 22.7 Å². The first-order valence-electron chi connectivity index (χ1n) is 13.7. The SMILES string of the molecule is Cc1ccccc1-c1cccc(Nc2ccc(-c3ccc(Nc4cccc(-c5ccccc5C)c4)cc3)cc2)c1. The van der Waals surface area contributed by atoms with Gasteiger partial charge in [0, 0.05) is 22.7 Å². The number of aryl methyl sites for hydroxylation is 2. The second-order valence-corrected chi connectivity index (χ2v) is 10.2. The molecule has 0 saturated heterocycles. The second-order valence-electron chi connectivity index (χ2n) is 10.2. The van der Waals surface area contributed by atoms with Crippen molar-refractivity contribution in [2.45, 2.75) is 13.8 Å². The Labute approximate surface area is 237 Å². The third kappa shape index (κ3) is 5.67. The van der Waals surface area contributed by atoms with Crippen LogP contribution in [0.1, 0.15) is 11.1 Å². The summed E-state index contributed by atoms with van der Waals surface area (Å²) in [5.41, 5.74) is 14.2. The van der Waals surface area contributed by atoms with Crippen LogP contribution >= 0.6 is 0 Å². The zero-order valence-corrected chi connectivity index (χ0v) is 22.9. The van der Waals surface area contributed by atoms with E-state index in [1.54, 1.807) is 0 Å².